The van der Waals surface area contributed by atoms with E-state index in [9.17, 15) is 0 Å². The quantitative estimate of drug-likeness (QED) is 0.645. The largest absolute Gasteiger partial charge is 0.493 e. The number of hydrogen-bond acceptors (Lipinski definition) is 3. The molecule has 0 saturated carbocycles. The average Bonchev–Trinajstić information content (AvgIpc) is 2.46. The van der Waals surface area contributed by atoms with Gasteiger partial charge in [0, 0.05) is 24.3 Å². The Bertz CT molecular complexity index is 430. The molecule has 0 fully saturated rings. The number of hydrogen-bond donors (Lipinski definition) is 1. The fraction of sp³-hybridized carbons (Fsp3) is 0.667. The van der Waals surface area contributed by atoms with Crippen molar-refractivity contribution in [3.8, 4) is 5.75 Å². The smallest absolute Gasteiger partial charge is 0.123 e. The van der Waals surface area contributed by atoms with Crippen molar-refractivity contribution >= 4 is 11.6 Å². The van der Waals surface area contributed by atoms with Gasteiger partial charge in [-0.05, 0) is 56.0 Å². The van der Waals surface area contributed by atoms with E-state index in [4.69, 9.17) is 21.1 Å². The maximum atomic E-state index is 6.10. The minimum Gasteiger partial charge on any atom is -0.493 e. The highest BCUT2D eigenvalue weighted by Gasteiger charge is 2.19. The van der Waals surface area contributed by atoms with Gasteiger partial charge in [-0.2, -0.15) is 0 Å². The molecule has 1 aromatic rings. The Balaban J connectivity index is 2.28. The highest BCUT2D eigenvalue weighted by molar-refractivity contribution is 6.30. The van der Waals surface area contributed by atoms with E-state index in [1.165, 1.54) is 0 Å². The molecule has 0 amide bonds. The molecule has 0 aromatic heterocycles. The topological polar surface area (TPSA) is 30.5 Å². The predicted octanol–water partition coefficient (Wildman–Crippen LogP) is 4.42. The van der Waals surface area contributed by atoms with Gasteiger partial charge in [-0.1, -0.05) is 32.4 Å². The summed E-state index contributed by atoms with van der Waals surface area (Å²) in [5.74, 6) is 0.949. The van der Waals surface area contributed by atoms with Gasteiger partial charge in [-0.15, -0.1) is 0 Å². The van der Waals surface area contributed by atoms with E-state index in [-0.39, 0.29) is 5.41 Å². The van der Waals surface area contributed by atoms with E-state index in [0.717, 1.165) is 61.9 Å². The summed E-state index contributed by atoms with van der Waals surface area (Å²) in [6.07, 6.45) is 3.22. The Kier molecular flexibility index (Phi) is 8.84. The minimum atomic E-state index is 0.0309. The van der Waals surface area contributed by atoms with Gasteiger partial charge in [-0.25, -0.2) is 0 Å². The van der Waals surface area contributed by atoms with Crippen LogP contribution >= 0.6 is 11.6 Å². The van der Waals surface area contributed by atoms with Crippen LogP contribution in [0.15, 0.2) is 18.2 Å². The number of nitrogens with one attached hydrogen (secondary N) is 1. The highest BCUT2D eigenvalue weighted by atomic mass is 35.5. The highest BCUT2D eigenvalue weighted by Crippen LogP contribution is 2.33. The van der Waals surface area contributed by atoms with E-state index < -0.39 is 0 Å². The van der Waals surface area contributed by atoms with Crippen molar-refractivity contribution in [3.05, 3.63) is 28.8 Å². The molecule has 22 heavy (non-hydrogen) atoms. The molecule has 0 saturated heterocycles. The number of methoxy groups -OCH3 is 1. The maximum Gasteiger partial charge on any atom is 0.123 e. The third-order valence-corrected chi connectivity index (χ3v) is 3.69. The van der Waals surface area contributed by atoms with Crippen molar-refractivity contribution < 1.29 is 9.47 Å². The first-order valence-corrected chi connectivity index (χ1v) is 8.45. The molecule has 0 unspecified atom stereocenters. The Hall–Kier alpha value is -0.770. The predicted molar refractivity (Wildman–Crippen MR) is 94.2 cm³/mol. The summed E-state index contributed by atoms with van der Waals surface area (Å²) in [6.45, 7) is 10.1. The van der Waals surface area contributed by atoms with Crippen LogP contribution in [-0.4, -0.2) is 33.4 Å². The van der Waals surface area contributed by atoms with Gasteiger partial charge < -0.3 is 14.8 Å². The van der Waals surface area contributed by atoms with Crippen LogP contribution in [0.2, 0.25) is 5.02 Å². The van der Waals surface area contributed by atoms with Crippen molar-refractivity contribution in [1.82, 2.24) is 5.32 Å². The van der Waals surface area contributed by atoms with Crippen molar-refractivity contribution in [2.24, 2.45) is 0 Å². The zero-order chi connectivity index (χ0) is 16.4. The Morgan fingerprint density at radius 2 is 1.77 bits per heavy atom. The standard InChI is InChI=1S/C18H30ClNO2/c1-18(2,3)16-14-15(19)8-9-17(16)22-13-6-5-10-20-11-7-12-21-4/h8-9,14,20H,5-7,10-13H2,1-4H3. The summed E-state index contributed by atoms with van der Waals surface area (Å²) in [6, 6.07) is 5.88. The SMILES string of the molecule is COCCCNCCCCOc1ccc(Cl)cc1C(C)(C)C. The third kappa shape index (κ3) is 7.48. The Labute approximate surface area is 140 Å². The summed E-state index contributed by atoms with van der Waals surface area (Å²) >= 11 is 6.10. The van der Waals surface area contributed by atoms with Crippen molar-refractivity contribution in [3.63, 3.8) is 0 Å². The van der Waals surface area contributed by atoms with E-state index in [1.807, 2.05) is 18.2 Å². The normalized spacial score (nSPS) is 11.7. The number of unbranched alkanes of at least 4 members (excludes halogenated alkanes) is 1. The van der Waals surface area contributed by atoms with Gasteiger partial charge >= 0.3 is 0 Å². The zero-order valence-corrected chi connectivity index (χ0v) is 15.1. The molecule has 0 bridgehead atoms. The minimum absolute atomic E-state index is 0.0309. The molecule has 0 aliphatic carbocycles. The number of benzene rings is 1. The molecular weight excluding hydrogens is 298 g/mol. The Morgan fingerprint density at radius 3 is 2.45 bits per heavy atom. The maximum absolute atomic E-state index is 6.10. The lowest BCUT2D eigenvalue weighted by Gasteiger charge is -2.23. The van der Waals surface area contributed by atoms with E-state index in [0.29, 0.717) is 0 Å². The van der Waals surface area contributed by atoms with E-state index in [2.05, 4.69) is 26.1 Å². The second-order valence-corrected chi connectivity index (χ2v) is 6.98. The van der Waals surface area contributed by atoms with Crippen molar-refractivity contribution in [1.29, 1.82) is 0 Å². The lowest BCUT2D eigenvalue weighted by molar-refractivity contribution is 0.194. The summed E-state index contributed by atoms with van der Waals surface area (Å²) in [4.78, 5) is 0. The van der Waals surface area contributed by atoms with Gasteiger partial charge in [0.2, 0.25) is 0 Å². The molecule has 1 aromatic carbocycles. The molecule has 126 valence electrons. The summed E-state index contributed by atoms with van der Waals surface area (Å²) in [5.41, 5.74) is 1.20. The van der Waals surface area contributed by atoms with Gasteiger partial charge in [0.05, 0.1) is 6.61 Å². The molecule has 1 N–H and O–H groups in total. The molecule has 4 heteroatoms. The second-order valence-electron chi connectivity index (χ2n) is 6.54. The van der Waals surface area contributed by atoms with Crippen LogP contribution < -0.4 is 10.1 Å². The molecular formula is C18H30ClNO2. The summed E-state index contributed by atoms with van der Waals surface area (Å²) in [7, 11) is 1.74. The van der Waals surface area contributed by atoms with E-state index >= 15 is 0 Å². The molecule has 0 radical (unpaired) electrons. The first-order chi connectivity index (χ1) is 10.4. The van der Waals surface area contributed by atoms with Gasteiger partial charge in [-0.3, -0.25) is 0 Å². The average molecular weight is 328 g/mol. The van der Waals surface area contributed by atoms with Gasteiger partial charge in [0.1, 0.15) is 5.75 Å². The first-order valence-electron chi connectivity index (χ1n) is 8.07. The lowest BCUT2D eigenvalue weighted by atomic mass is 9.86. The van der Waals surface area contributed by atoms with Crippen molar-refractivity contribution in [2.75, 3.05) is 33.4 Å². The van der Waals surface area contributed by atoms with Crippen LogP contribution in [0.1, 0.15) is 45.6 Å². The Morgan fingerprint density at radius 1 is 1.05 bits per heavy atom. The fourth-order valence-electron chi connectivity index (χ4n) is 2.21. The molecule has 3 nitrogen and oxygen atoms in total. The molecule has 0 atom stereocenters. The third-order valence-electron chi connectivity index (χ3n) is 3.46. The van der Waals surface area contributed by atoms with Crippen LogP contribution in [0.4, 0.5) is 0 Å². The van der Waals surface area contributed by atoms with Gasteiger partial charge in [0.25, 0.3) is 0 Å². The molecule has 1 rings (SSSR count). The number of ether oxygens (including phenoxy) is 2. The summed E-state index contributed by atoms with van der Waals surface area (Å²) < 4.78 is 11.0. The molecule has 0 spiro atoms. The van der Waals surface area contributed by atoms with Crippen LogP contribution in [0.25, 0.3) is 0 Å². The van der Waals surface area contributed by atoms with Crippen molar-refractivity contribution in [2.45, 2.75) is 45.4 Å². The van der Waals surface area contributed by atoms with Crippen LogP contribution in [0.3, 0.4) is 0 Å². The van der Waals surface area contributed by atoms with Crippen LogP contribution in [0, 0.1) is 0 Å². The van der Waals surface area contributed by atoms with E-state index in [1.54, 1.807) is 7.11 Å². The zero-order valence-electron chi connectivity index (χ0n) is 14.4. The number of rotatable bonds is 10. The second kappa shape index (κ2) is 10.1. The lowest BCUT2D eigenvalue weighted by Crippen LogP contribution is -2.18. The fourth-order valence-corrected chi connectivity index (χ4v) is 2.39. The number of halogens is 1. The summed E-state index contributed by atoms with van der Waals surface area (Å²) in [5, 5.41) is 4.17. The van der Waals surface area contributed by atoms with Crippen LogP contribution in [0.5, 0.6) is 5.75 Å². The van der Waals surface area contributed by atoms with Crippen LogP contribution in [-0.2, 0) is 10.2 Å². The molecule has 0 aliphatic heterocycles. The monoisotopic (exact) mass is 327 g/mol. The molecule has 0 aliphatic rings. The first kappa shape index (κ1) is 19.3. The van der Waals surface area contributed by atoms with Gasteiger partial charge in [0.15, 0.2) is 0 Å². The molecule has 0 heterocycles.